The number of amides is 4. The standard InChI is InChI=1S/C38H45N5O11/c1-5-23-51-35(46)39-22-10-9-13-31(41-34(45)32(24-26-11-7-6-8-12-26)42-36(47)54-38(2,3)4)33(44)40-28-16-14-27(15-17-28)25-52-37(48)53-30-20-18-29(19-21-30)43(49)50/h5-8,11-12,14-21,31-32H,1,9-10,13,22-25H2,2-4H3,(H,39,46)(H,40,44)(H,41,45)(H,42,47)/t31-,32-/m0/s1. The van der Waals surface area contributed by atoms with Gasteiger partial charge in [-0.15, -0.1) is 0 Å². The topological polar surface area (TPSA) is 214 Å². The molecule has 54 heavy (non-hydrogen) atoms. The summed E-state index contributed by atoms with van der Waals surface area (Å²) >= 11 is 0. The molecule has 4 N–H and O–H groups in total. The quantitative estimate of drug-likeness (QED) is 0.0227. The van der Waals surface area contributed by atoms with Gasteiger partial charge in [0, 0.05) is 30.8 Å². The third-order valence-corrected chi connectivity index (χ3v) is 7.27. The van der Waals surface area contributed by atoms with Crippen LogP contribution in [0.5, 0.6) is 5.75 Å². The molecule has 3 aromatic carbocycles. The minimum Gasteiger partial charge on any atom is -0.445 e. The maximum Gasteiger partial charge on any atom is 0.514 e. The molecule has 0 saturated heterocycles. The van der Waals surface area contributed by atoms with Crippen molar-refractivity contribution < 1.29 is 47.8 Å². The van der Waals surface area contributed by atoms with Crippen LogP contribution < -0.4 is 26.0 Å². The van der Waals surface area contributed by atoms with Crippen LogP contribution in [0.1, 0.15) is 51.2 Å². The van der Waals surface area contributed by atoms with Gasteiger partial charge in [-0.05, 0) is 75.4 Å². The average Bonchev–Trinajstić information content (AvgIpc) is 3.12. The lowest BCUT2D eigenvalue weighted by Crippen LogP contribution is -2.54. The summed E-state index contributed by atoms with van der Waals surface area (Å²) in [6, 6.07) is 18.2. The second-order valence-electron chi connectivity index (χ2n) is 12.8. The third kappa shape index (κ3) is 15.8. The number of alkyl carbamates (subject to hydrolysis) is 2. The van der Waals surface area contributed by atoms with E-state index in [9.17, 15) is 34.1 Å². The Kier molecular flexibility index (Phi) is 16.4. The number of non-ortho nitro benzene ring substituents is 1. The number of anilines is 1. The number of hydrogen-bond donors (Lipinski definition) is 4. The molecule has 0 fully saturated rings. The van der Waals surface area contributed by atoms with Crippen LogP contribution in [0.2, 0.25) is 0 Å². The molecule has 16 nitrogen and oxygen atoms in total. The first-order valence-corrected chi connectivity index (χ1v) is 17.1. The molecular formula is C38H45N5O11. The lowest BCUT2D eigenvalue weighted by Gasteiger charge is -2.25. The number of nitro benzene ring substituents is 1. The van der Waals surface area contributed by atoms with Crippen molar-refractivity contribution in [2.24, 2.45) is 0 Å². The Hall–Kier alpha value is -6.45. The normalized spacial score (nSPS) is 11.8. The summed E-state index contributed by atoms with van der Waals surface area (Å²) in [6.07, 6.45) is 0.232. The number of nitrogens with one attached hydrogen (secondary N) is 4. The second-order valence-corrected chi connectivity index (χ2v) is 12.8. The summed E-state index contributed by atoms with van der Waals surface area (Å²) in [5.41, 5.74) is 0.750. The van der Waals surface area contributed by atoms with E-state index < -0.39 is 52.8 Å². The lowest BCUT2D eigenvalue weighted by atomic mass is 10.0. The van der Waals surface area contributed by atoms with E-state index in [2.05, 4.69) is 27.8 Å². The largest absolute Gasteiger partial charge is 0.514 e. The van der Waals surface area contributed by atoms with Crippen molar-refractivity contribution in [2.75, 3.05) is 18.5 Å². The molecule has 2 atom stereocenters. The summed E-state index contributed by atoms with van der Waals surface area (Å²) in [7, 11) is 0. The molecule has 0 saturated carbocycles. The van der Waals surface area contributed by atoms with Gasteiger partial charge < -0.3 is 40.2 Å². The Morgan fingerprint density at radius 3 is 2.13 bits per heavy atom. The number of nitrogens with zero attached hydrogens (tertiary/aromatic N) is 1. The van der Waals surface area contributed by atoms with Gasteiger partial charge >= 0.3 is 18.3 Å². The Morgan fingerprint density at radius 1 is 0.815 bits per heavy atom. The summed E-state index contributed by atoms with van der Waals surface area (Å²) in [6.45, 7) is 8.75. The van der Waals surface area contributed by atoms with Crippen LogP contribution in [0, 0.1) is 10.1 Å². The zero-order valence-corrected chi connectivity index (χ0v) is 30.3. The first-order chi connectivity index (χ1) is 25.7. The van der Waals surface area contributed by atoms with Gasteiger partial charge in [0.15, 0.2) is 0 Å². The van der Waals surface area contributed by atoms with Crippen molar-refractivity contribution in [2.45, 2.75) is 70.7 Å². The Balaban J connectivity index is 1.66. The number of benzene rings is 3. The number of carbonyl (C=O) groups excluding carboxylic acids is 5. The molecule has 4 amide bonds. The molecule has 0 bridgehead atoms. The average molecular weight is 748 g/mol. The highest BCUT2D eigenvalue weighted by Gasteiger charge is 2.29. The predicted molar refractivity (Wildman–Crippen MR) is 198 cm³/mol. The van der Waals surface area contributed by atoms with Gasteiger partial charge in [-0.25, -0.2) is 14.4 Å². The SMILES string of the molecule is C=CCOC(=O)NCCCC[C@H](NC(=O)[C@H](Cc1ccccc1)NC(=O)OC(C)(C)C)C(=O)Nc1ccc(COC(=O)Oc2ccc([N+](=O)[O-])cc2)cc1. The number of unbranched alkanes of at least 4 members (excludes halogenated alkanes) is 1. The summed E-state index contributed by atoms with van der Waals surface area (Å²) in [5.74, 6) is -1.07. The van der Waals surface area contributed by atoms with E-state index in [1.807, 2.05) is 18.2 Å². The van der Waals surface area contributed by atoms with E-state index in [1.54, 1.807) is 57.2 Å². The van der Waals surface area contributed by atoms with Crippen molar-refractivity contribution in [1.82, 2.24) is 16.0 Å². The predicted octanol–water partition coefficient (Wildman–Crippen LogP) is 5.95. The minimum absolute atomic E-state index is 0.0619. The zero-order chi connectivity index (χ0) is 39.5. The molecule has 288 valence electrons. The van der Waals surface area contributed by atoms with Gasteiger partial charge in [0.1, 0.15) is 36.6 Å². The Morgan fingerprint density at radius 2 is 1.50 bits per heavy atom. The number of hydrogen-bond acceptors (Lipinski definition) is 11. The molecule has 16 heteroatoms. The van der Waals surface area contributed by atoms with E-state index in [0.29, 0.717) is 24.1 Å². The molecule has 0 aliphatic heterocycles. The lowest BCUT2D eigenvalue weighted by molar-refractivity contribution is -0.384. The highest BCUT2D eigenvalue weighted by atomic mass is 16.7. The van der Waals surface area contributed by atoms with Crippen LogP contribution >= 0.6 is 0 Å². The fraction of sp³-hybridized carbons (Fsp3) is 0.342. The van der Waals surface area contributed by atoms with E-state index in [-0.39, 0.29) is 44.0 Å². The monoisotopic (exact) mass is 747 g/mol. The molecule has 0 aliphatic rings. The molecular weight excluding hydrogens is 702 g/mol. The van der Waals surface area contributed by atoms with E-state index in [0.717, 1.165) is 5.56 Å². The van der Waals surface area contributed by atoms with Gasteiger partial charge in [-0.2, -0.15) is 0 Å². The van der Waals surface area contributed by atoms with Crippen LogP contribution in [-0.4, -0.2) is 65.9 Å². The molecule has 3 rings (SSSR count). The fourth-order valence-electron chi connectivity index (χ4n) is 4.72. The van der Waals surface area contributed by atoms with Gasteiger partial charge in [0.2, 0.25) is 11.8 Å². The molecule has 0 unspecified atom stereocenters. The summed E-state index contributed by atoms with van der Waals surface area (Å²) in [4.78, 5) is 74.1. The number of carbonyl (C=O) groups is 5. The molecule has 0 radical (unpaired) electrons. The van der Waals surface area contributed by atoms with Gasteiger partial charge in [0.25, 0.3) is 5.69 Å². The van der Waals surface area contributed by atoms with Gasteiger partial charge in [-0.3, -0.25) is 19.7 Å². The van der Waals surface area contributed by atoms with Crippen LogP contribution in [0.15, 0.2) is 91.5 Å². The maximum absolute atomic E-state index is 13.7. The van der Waals surface area contributed by atoms with Crippen molar-refractivity contribution in [1.29, 1.82) is 0 Å². The molecule has 0 aromatic heterocycles. The van der Waals surface area contributed by atoms with Crippen molar-refractivity contribution in [3.05, 3.63) is 113 Å². The molecule has 3 aromatic rings. The molecule has 0 heterocycles. The van der Waals surface area contributed by atoms with Gasteiger partial charge in [-0.1, -0.05) is 55.1 Å². The van der Waals surface area contributed by atoms with Crippen molar-refractivity contribution in [3.63, 3.8) is 0 Å². The number of ether oxygens (including phenoxy) is 4. The van der Waals surface area contributed by atoms with Crippen LogP contribution in [0.3, 0.4) is 0 Å². The zero-order valence-electron chi connectivity index (χ0n) is 30.3. The minimum atomic E-state index is -1.08. The number of rotatable bonds is 18. The first-order valence-electron chi connectivity index (χ1n) is 17.1. The number of nitro groups is 1. The van der Waals surface area contributed by atoms with Crippen LogP contribution in [-0.2, 0) is 36.8 Å². The Labute approximate surface area is 312 Å². The summed E-state index contributed by atoms with van der Waals surface area (Å²) in [5, 5.41) is 21.6. The van der Waals surface area contributed by atoms with E-state index >= 15 is 0 Å². The maximum atomic E-state index is 13.7. The molecule has 0 spiro atoms. The highest BCUT2D eigenvalue weighted by Crippen LogP contribution is 2.19. The van der Waals surface area contributed by atoms with E-state index in [1.165, 1.54) is 30.3 Å². The van der Waals surface area contributed by atoms with E-state index in [4.69, 9.17) is 18.9 Å². The van der Waals surface area contributed by atoms with Crippen molar-refractivity contribution in [3.8, 4) is 5.75 Å². The van der Waals surface area contributed by atoms with Crippen LogP contribution in [0.4, 0.5) is 25.8 Å². The molecule has 0 aliphatic carbocycles. The smallest absolute Gasteiger partial charge is 0.445 e. The van der Waals surface area contributed by atoms with Crippen molar-refractivity contribution >= 4 is 41.5 Å². The van der Waals surface area contributed by atoms with Gasteiger partial charge in [0.05, 0.1) is 4.92 Å². The third-order valence-electron chi connectivity index (χ3n) is 7.27. The Bertz CT molecular complexity index is 1730. The fourth-order valence-corrected chi connectivity index (χ4v) is 4.72. The first kappa shape index (κ1) is 42.0. The van der Waals surface area contributed by atoms with Crippen LogP contribution in [0.25, 0.3) is 0 Å². The highest BCUT2D eigenvalue weighted by molar-refractivity contribution is 5.98. The second kappa shape index (κ2) is 21.2. The summed E-state index contributed by atoms with van der Waals surface area (Å²) < 4.78 is 20.4.